The second-order valence-electron chi connectivity index (χ2n) is 8.28. The molecule has 3 rings (SSSR count). The van der Waals surface area contributed by atoms with Gasteiger partial charge in [0.15, 0.2) is 0 Å². The first-order valence-electron chi connectivity index (χ1n) is 11.8. The molecule has 1 aromatic carbocycles. The van der Waals surface area contributed by atoms with Gasteiger partial charge < -0.3 is 24.3 Å². The molecule has 33 heavy (non-hydrogen) atoms. The Labute approximate surface area is 196 Å². The highest BCUT2D eigenvalue weighted by atomic mass is 16.5. The summed E-state index contributed by atoms with van der Waals surface area (Å²) in [6.45, 7) is 7.83. The molecule has 1 aromatic heterocycles. The monoisotopic (exact) mass is 456 g/mol. The largest absolute Gasteiger partial charge is 0.467 e. The van der Waals surface area contributed by atoms with E-state index >= 15 is 0 Å². The fourth-order valence-electron chi connectivity index (χ4n) is 3.71. The third kappa shape index (κ3) is 8.55. The highest BCUT2D eigenvalue weighted by molar-refractivity contribution is 5.84. The van der Waals surface area contributed by atoms with E-state index < -0.39 is 0 Å². The molecule has 3 amide bonds. The number of furan rings is 1. The number of nitrogens with zero attached hydrogens (tertiary/aromatic N) is 3. The standard InChI is InChI=1S/C25H36N4O4/c1-2-3-11-26-25(31)28(13-12-27-14-17-32-18-15-27)21-24(30)29(20-23-10-7-16-33-23)19-22-8-5-4-6-9-22/h4-10,16H,2-3,11-15,17-21H2,1H3,(H,26,31). The van der Waals surface area contributed by atoms with E-state index in [1.54, 1.807) is 16.1 Å². The number of rotatable bonds is 12. The maximum atomic E-state index is 13.4. The Hall–Kier alpha value is -2.84. The molecule has 1 aliphatic rings. The van der Waals surface area contributed by atoms with Crippen LogP contribution in [0.3, 0.4) is 0 Å². The predicted octanol–water partition coefficient (Wildman–Crippen LogP) is 2.95. The molecule has 8 nitrogen and oxygen atoms in total. The Morgan fingerprint density at radius 3 is 2.52 bits per heavy atom. The molecule has 0 radical (unpaired) electrons. The van der Waals surface area contributed by atoms with Gasteiger partial charge in [0, 0.05) is 39.3 Å². The van der Waals surface area contributed by atoms with E-state index in [1.165, 1.54) is 0 Å². The zero-order valence-corrected chi connectivity index (χ0v) is 19.6. The Kier molecular flexibility index (Phi) is 10.3. The molecule has 0 atom stereocenters. The molecule has 2 aromatic rings. The summed E-state index contributed by atoms with van der Waals surface area (Å²) in [5, 5.41) is 2.97. The molecule has 0 spiro atoms. The van der Waals surface area contributed by atoms with Gasteiger partial charge in [0.25, 0.3) is 0 Å². The lowest BCUT2D eigenvalue weighted by Gasteiger charge is -2.31. The van der Waals surface area contributed by atoms with Crippen LogP contribution in [0.25, 0.3) is 0 Å². The highest BCUT2D eigenvalue weighted by Crippen LogP contribution is 2.12. The average Bonchev–Trinajstić information content (AvgIpc) is 3.36. The van der Waals surface area contributed by atoms with E-state index in [1.807, 2.05) is 42.5 Å². The molecule has 8 heteroatoms. The van der Waals surface area contributed by atoms with Crippen molar-refractivity contribution in [3.63, 3.8) is 0 Å². The van der Waals surface area contributed by atoms with Gasteiger partial charge in [-0.15, -0.1) is 0 Å². The Balaban J connectivity index is 1.67. The summed E-state index contributed by atoms with van der Waals surface area (Å²) >= 11 is 0. The Morgan fingerprint density at radius 2 is 1.82 bits per heavy atom. The lowest BCUT2D eigenvalue weighted by atomic mass is 10.2. The first-order chi connectivity index (χ1) is 16.2. The summed E-state index contributed by atoms with van der Waals surface area (Å²) in [5.74, 6) is 0.606. The van der Waals surface area contributed by atoms with Gasteiger partial charge in [0.1, 0.15) is 12.3 Å². The minimum atomic E-state index is -0.192. The fraction of sp³-hybridized carbons (Fsp3) is 0.520. The lowest BCUT2D eigenvalue weighted by Crippen LogP contribution is -2.50. The first-order valence-corrected chi connectivity index (χ1v) is 11.8. The minimum Gasteiger partial charge on any atom is -0.467 e. The number of hydrogen-bond acceptors (Lipinski definition) is 5. The van der Waals surface area contributed by atoms with Crippen LogP contribution in [0.15, 0.2) is 53.1 Å². The number of urea groups is 1. The number of unbranched alkanes of at least 4 members (excludes halogenated alkanes) is 1. The van der Waals surface area contributed by atoms with Gasteiger partial charge in [0.05, 0.1) is 26.0 Å². The van der Waals surface area contributed by atoms with E-state index in [2.05, 4.69) is 17.1 Å². The summed E-state index contributed by atoms with van der Waals surface area (Å²) in [6.07, 6.45) is 3.52. The molecule has 0 aliphatic carbocycles. The lowest BCUT2D eigenvalue weighted by molar-refractivity contribution is -0.133. The van der Waals surface area contributed by atoms with Crippen molar-refractivity contribution in [1.29, 1.82) is 0 Å². The second kappa shape index (κ2) is 13.6. The highest BCUT2D eigenvalue weighted by Gasteiger charge is 2.23. The number of carbonyl (C=O) groups is 2. The molecule has 2 heterocycles. The van der Waals surface area contributed by atoms with Gasteiger partial charge in [-0.1, -0.05) is 43.7 Å². The van der Waals surface area contributed by atoms with Crippen molar-refractivity contribution in [2.75, 3.05) is 52.5 Å². The van der Waals surface area contributed by atoms with E-state index in [9.17, 15) is 9.59 Å². The van der Waals surface area contributed by atoms with Gasteiger partial charge in [0.2, 0.25) is 5.91 Å². The number of morpholine rings is 1. The van der Waals surface area contributed by atoms with Crippen molar-refractivity contribution in [2.45, 2.75) is 32.9 Å². The number of nitrogens with one attached hydrogen (secondary N) is 1. The smallest absolute Gasteiger partial charge is 0.317 e. The Bertz CT molecular complexity index is 822. The molecule has 1 aliphatic heterocycles. The van der Waals surface area contributed by atoms with Crippen LogP contribution in [0.5, 0.6) is 0 Å². The molecule has 1 saturated heterocycles. The third-order valence-corrected chi connectivity index (χ3v) is 5.71. The summed E-state index contributed by atoms with van der Waals surface area (Å²) in [4.78, 5) is 32.0. The number of ether oxygens (including phenoxy) is 1. The molecule has 1 fully saturated rings. The van der Waals surface area contributed by atoms with Crippen LogP contribution >= 0.6 is 0 Å². The molecule has 0 unspecified atom stereocenters. The number of benzene rings is 1. The van der Waals surface area contributed by atoms with Crippen molar-refractivity contribution in [3.05, 3.63) is 60.1 Å². The Morgan fingerprint density at radius 1 is 1.03 bits per heavy atom. The van der Waals surface area contributed by atoms with Gasteiger partial charge >= 0.3 is 6.03 Å². The second-order valence-corrected chi connectivity index (χ2v) is 8.28. The topological polar surface area (TPSA) is 78.3 Å². The maximum absolute atomic E-state index is 13.4. The van der Waals surface area contributed by atoms with Gasteiger partial charge in [-0.25, -0.2) is 4.79 Å². The minimum absolute atomic E-state index is 0.0237. The number of amides is 3. The SMILES string of the molecule is CCCCNC(=O)N(CCN1CCOCC1)CC(=O)N(Cc1ccccc1)Cc1ccco1. The van der Waals surface area contributed by atoms with Crippen molar-refractivity contribution in [1.82, 2.24) is 20.0 Å². The van der Waals surface area contributed by atoms with Crippen molar-refractivity contribution in [3.8, 4) is 0 Å². The van der Waals surface area contributed by atoms with Crippen LogP contribution in [0.4, 0.5) is 4.79 Å². The van der Waals surface area contributed by atoms with Gasteiger partial charge in [-0.3, -0.25) is 9.69 Å². The van der Waals surface area contributed by atoms with Crippen LogP contribution in [-0.4, -0.2) is 79.1 Å². The van der Waals surface area contributed by atoms with Crippen LogP contribution in [0.2, 0.25) is 0 Å². The fourth-order valence-corrected chi connectivity index (χ4v) is 3.71. The zero-order valence-electron chi connectivity index (χ0n) is 19.6. The van der Waals surface area contributed by atoms with Crippen LogP contribution in [-0.2, 0) is 22.6 Å². The molecule has 180 valence electrons. The first kappa shape index (κ1) is 24.8. The summed E-state index contributed by atoms with van der Waals surface area (Å²) in [5.41, 5.74) is 1.03. The zero-order chi connectivity index (χ0) is 23.3. The van der Waals surface area contributed by atoms with E-state index in [0.29, 0.717) is 51.7 Å². The number of hydrogen-bond donors (Lipinski definition) is 1. The van der Waals surface area contributed by atoms with Crippen molar-refractivity contribution < 1.29 is 18.7 Å². The van der Waals surface area contributed by atoms with Gasteiger partial charge in [-0.2, -0.15) is 0 Å². The van der Waals surface area contributed by atoms with Crippen LogP contribution < -0.4 is 5.32 Å². The summed E-state index contributed by atoms with van der Waals surface area (Å²) in [6, 6.07) is 13.3. The van der Waals surface area contributed by atoms with E-state index in [-0.39, 0.29) is 18.5 Å². The predicted molar refractivity (Wildman–Crippen MR) is 127 cm³/mol. The quantitative estimate of drug-likeness (QED) is 0.497. The molecular weight excluding hydrogens is 420 g/mol. The van der Waals surface area contributed by atoms with Gasteiger partial charge in [-0.05, 0) is 24.1 Å². The molecule has 0 saturated carbocycles. The van der Waals surface area contributed by atoms with Crippen LogP contribution in [0.1, 0.15) is 31.1 Å². The van der Waals surface area contributed by atoms with Crippen LogP contribution in [0, 0.1) is 0 Å². The van der Waals surface area contributed by atoms with Crippen molar-refractivity contribution >= 4 is 11.9 Å². The van der Waals surface area contributed by atoms with Crippen molar-refractivity contribution in [2.24, 2.45) is 0 Å². The summed E-state index contributed by atoms with van der Waals surface area (Å²) < 4.78 is 10.9. The normalized spacial score (nSPS) is 14.1. The molecular formula is C25H36N4O4. The molecule has 1 N–H and O–H groups in total. The molecule has 0 bridgehead atoms. The third-order valence-electron chi connectivity index (χ3n) is 5.71. The number of carbonyl (C=O) groups excluding carboxylic acids is 2. The summed E-state index contributed by atoms with van der Waals surface area (Å²) in [7, 11) is 0. The average molecular weight is 457 g/mol. The maximum Gasteiger partial charge on any atom is 0.317 e. The van der Waals surface area contributed by atoms with E-state index in [4.69, 9.17) is 9.15 Å². The van der Waals surface area contributed by atoms with E-state index in [0.717, 1.165) is 31.5 Å².